The maximum Gasteiger partial charge on any atom is 0.171 e. The normalized spacial score (nSPS) is 16.9. The van der Waals surface area contributed by atoms with E-state index in [2.05, 4.69) is 91.5 Å². The molecule has 0 bridgehead atoms. The molecule has 0 aromatic heterocycles. The fourth-order valence-electron chi connectivity index (χ4n) is 19.9. The van der Waals surface area contributed by atoms with Gasteiger partial charge in [-0.15, -0.1) is 0 Å². The van der Waals surface area contributed by atoms with Gasteiger partial charge in [0.15, 0.2) is 5.78 Å². The number of thiol groups is 1. The average molecular weight is 1980 g/mol. The monoisotopic (exact) mass is 1980 g/mol. The highest BCUT2D eigenvalue weighted by Gasteiger charge is 2.48. The van der Waals surface area contributed by atoms with Crippen LogP contribution in [0.2, 0.25) is 0 Å². The van der Waals surface area contributed by atoms with Crippen LogP contribution in [0, 0.1) is 0 Å². The molecule has 0 heterocycles. The zero-order valence-electron chi connectivity index (χ0n) is 85.9. The van der Waals surface area contributed by atoms with Crippen molar-refractivity contribution in [3.05, 3.63) is 367 Å². The first-order valence-electron chi connectivity index (χ1n) is 46.9. The smallest absolute Gasteiger partial charge is 0.171 e. The van der Waals surface area contributed by atoms with Crippen LogP contribution in [-0.4, -0.2) is 167 Å². The number of aliphatic hydroxyl groups is 1. The predicted octanol–water partition coefficient (Wildman–Crippen LogP) is 24.1. The zero-order chi connectivity index (χ0) is 103. The first-order chi connectivity index (χ1) is 70.6. The van der Waals surface area contributed by atoms with Gasteiger partial charge in [-0.3, -0.25) is 4.79 Å². The van der Waals surface area contributed by atoms with Gasteiger partial charge in [-0.2, -0.15) is 12.6 Å². The number of benzene rings is 14. The van der Waals surface area contributed by atoms with E-state index in [-0.39, 0.29) is 47.2 Å². The predicted molar refractivity (Wildman–Crippen MR) is 566 cm³/mol. The van der Waals surface area contributed by atoms with Crippen LogP contribution in [-0.2, 0) is 12.2 Å². The molecule has 0 amide bonds. The van der Waals surface area contributed by atoms with E-state index in [1.165, 1.54) is 22.3 Å². The molecule has 24 nitrogen and oxygen atoms in total. The molecule has 0 radical (unpaired) electrons. The largest absolute Gasteiger partial charge is 0.497 e. The molecule has 1 N–H and O–H groups in total. The highest BCUT2D eigenvalue weighted by molar-refractivity contribution is 7.79. The van der Waals surface area contributed by atoms with Crippen molar-refractivity contribution in [3.8, 4) is 126 Å². The van der Waals surface area contributed by atoms with Crippen LogP contribution in [0.3, 0.4) is 0 Å². The second-order valence-corrected chi connectivity index (χ2v) is 34.7. The fraction of sp³-hybridized carbons (Fsp3) is 0.275. The third kappa shape index (κ3) is 23.0. The molecule has 0 saturated carbocycles. The first-order valence-corrected chi connectivity index (χ1v) is 47.5. The van der Waals surface area contributed by atoms with Crippen LogP contribution in [0.25, 0.3) is 11.6 Å². The van der Waals surface area contributed by atoms with Crippen molar-refractivity contribution < 1.29 is 114 Å². The maximum absolute atomic E-state index is 13.8. The molecule has 0 spiro atoms. The number of hydrogen-bond acceptors (Lipinski definition) is 25. The van der Waals surface area contributed by atoms with Crippen LogP contribution in [0.5, 0.6) is 126 Å². The third-order valence-corrected chi connectivity index (χ3v) is 27.4. The number of allylic oxidation sites excluding steroid dienone is 1. The summed E-state index contributed by atoms with van der Waals surface area (Å²) in [5.41, 5.74) is 19.5. The Kier molecular flexibility index (Phi) is 35.5. The van der Waals surface area contributed by atoms with Crippen molar-refractivity contribution in [3.63, 3.8) is 0 Å². The van der Waals surface area contributed by atoms with E-state index in [9.17, 15) is 9.90 Å². The zero-order valence-corrected chi connectivity index (χ0v) is 86.8. The van der Waals surface area contributed by atoms with Gasteiger partial charge in [0, 0.05) is 118 Å². The molecule has 18 rings (SSSR count). The van der Waals surface area contributed by atoms with Gasteiger partial charge in [-0.05, 0) is 236 Å². The molecule has 0 aliphatic heterocycles. The summed E-state index contributed by atoms with van der Waals surface area (Å²) in [6.45, 7) is 0. The maximum atomic E-state index is 13.8. The lowest BCUT2D eigenvalue weighted by Gasteiger charge is -2.25. The lowest BCUT2D eigenvalue weighted by Crippen LogP contribution is -2.13. The second-order valence-electron chi connectivity index (χ2n) is 34.4. The molecular formula is C120H126O24S. The van der Waals surface area contributed by atoms with Crippen molar-refractivity contribution in [2.75, 3.05) is 156 Å². The van der Waals surface area contributed by atoms with E-state index in [1.54, 1.807) is 169 Å². The summed E-state index contributed by atoms with van der Waals surface area (Å²) < 4.78 is 122. The van der Waals surface area contributed by atoms with E-state index in [1.807, 2.05) is 182 Å². The van der Waals surface area contributed by atoms with Gasteiger partial charge in [-0.25, -0.2) is 0 Å². The molecule has 4 aliphatic rings. The van der Waals surface area contributed by atoms with E-state index in [0.29, 0.717) is 51.6 Å². The Morgan fingerprint density at radius 2 is 0.531 bits per heavy atom. The third-order valence-electron chi connectivity index (χ3n) is 27.1. The van der Waals surface area contributed by atoms with Crippen molar-refractivity contribution in [1.29, 1.82) is 0 Å². The Bertz CT molecular complexity index is 6660. The minimum absolute atomic E-state index is 0.00618. The number of hydrogen-bond donors (Lipinski definition) is 2. The van der Waals surface area contributed by atoms with Crippen molar-refractivity contribution in [2.45, 2.75) is 65.6 Å². The van der Waals surface area contributed by atoms with Crippen LogP contribution in [0.15, 0.2) is 267 Å². The Labute approximate surface area is 854 Å². The number of ketones is 1. The number of aliphatic hydroxyl groups excluding tert-OH is 1. The molecule has 9 atom stereocenters. The van der Waals surface area contributed by atoms with Gasteiger partial charge >= 0.3 is 0 Å². The van der Waals surface area contributed by atoms with Crippen molar-refractivity contribution in [1.82, 2.24) is 0 Å². The molecule has 0 fully saturated rings. The number of methoxy groups -OCH3 is 22. The standard InChI is InChI=1S/C34H34O6.C26H28O6.C26H26O6.C26H28O5.C8H10OS/c1-35-24-11-7-21(8-12-24)15-29-30-19-28(39-5)20-31(40-6)34(30)33(22-9-13-25(36-2)14-10-22)32(29)23-16-26(37-3)18-27(17-23)38-4;2*1-28-17-8-6-15(7-9-17)23-24(16-10-18(29-2)12-19(11-16)30-3)26(27)21-13-20(31-4)14-22(32-5)25(21)23;1-27-19-8-6-16(7-9-19)25-23(17-10-20(28-2)14-21(11-17)29-3)13-18-12-22(30-4)15-24(31-5)26(18)25;1-9-8-4-2-7(6-10)3-5-8/h7-20,32-33H,1-6H3;6-14,23-24,26-27H,1-5H3;6-14,23-24H,1-5H3;6-12,14-15,23,25H,13H2,1-5H3;2-5,10H,6H2,1H3/b29-15-;;;;/t32-,33+;23-,24-,26-;23-,24-;23-,25-;/m0111./s1. The van der Waals surface area contributed by atoms with Crippen molar-refractivity contribution in [2.24, 2.45) is 0 Å². The molecule has 145 heavy (non-hydrogen) atoms. The number of rotatable bonds is 32. The molecule has 756 valence electrons. The Balaban J connectivity index is 0.000000149. The minimum Gasteiger partial charge on any atom is -0.497 e. The minimum atomic E-state index is -0.780. The summed E-state index contributed by atoms with van der Waals surface area (Å²) in [4.78, 5) is 13.8. The summed E-state index contributed by atoms with van der Waals surface area (Å²) in [6, 6.07) is 87.1. The van der Waals surface area contributed by atoms with Gasteiger partial charge < -0.3 is 109 Å². The summed E-state index contributed by atoms with van der Waals surface area (Å²) in [5.74, 6) is 15.8. The van der Waals surface area contributed by atoms with Crippen LogP contribution >= 0.6 is 12.6 Å². The van der Waals surface area contributed by atoms with E-state index in [0.717, 1.165) is 171 Å². The first kappa shape index (κ1) is 105. The van der Waals surface area contributed by atoms with Crippen molar-refractivity contribution >= 4 is 30.1 Å². The fourth-order valence-corrected chi connectivity index (χ4v) is 20.1. The summed E-state index contributed by atoms with van der Waals surface area (Å²) in [7, 11) is 36.3. The van der Waals surface area contributed by atoms with Crippen LogP contribution in [0.4, 0.5) is 0 Å². The number of Topliss-reactive ketones (excluding diaryl/α,β-unsaturated/α-hetero) is 1. The number of ether oxygens (including phenoxy) is 22. The van der Waals surface area contributed by atoms with Gasteiger partial charge in [0.1, 0.15) is 126 Å². The Morgan fingerprint density at radius 3 is 0.897 bits per heavy atom. The second kappa shape index (κ2) is 48.9. The van der Waals surface area contributed by atoms with Crippen LogP contribution in [0.1, 0.15) is 158 Å². The molecular weight excluding hydrogens is 1860 g/mol. The Hall–Kier alpha value is -15.6. The number of carbonyl (C=O) groups is 1. The van der Waals surface area contributed by atoms with E-state index >= 15 is 0 Å². The highest BCUT2D eigenvalue weighted by atomic mass is 32.1. The highest BCUT2D eigenvalue weighted by Crippen LogP contribution is 2.63. The Morgan fingerprint density at radius 1 is 0.248 bits per heavy atom. The molecule has 0 saturated heterocycles. The molecule has 14 aromatic carbocycles. The molecule has 14 aromatic rings. The average Bonchev–Trinajstić information content (AvgIpc) is 1.55. The van der Waals surface area contributed by atoms with Gasteiger partial charge in [0.2, 0.25) is 0 Å². The van der Waals surface area contributed by atoms with Gasteiger partial charge in [-0.1, -0.05) is 78.9 Å². The quantitative estimate of drug-likeness (QED) is 0.0372. The topological polar surface area (TPSA) is 240 Å². The summed E-state index contributed by atoms with van der Waals surface area (Å²) >= 11 is 4.13. The SMILES string of the molecule is COc1ccc(/C=C2/c3cc(OC)cc(OC)c3[C@H](c3ccc(OC)cc3)[C@H]2c2cc(OC)cc(OC)c2)cc1.COc1ccc(CS)cc1.COc1ccc([C@H]2c3c(OC)cc(OC)cc3C(=O)[C@@H]2c2cc(OC)cc(OC)c2)cc1.COc1ccc([C@H]2c3c(OC)cc(OC)cc3[C@@H](O)[C@@H]2c2cc(OC)cc(OC)c2)cc1.COc1ccc([C@H]2c3c(cc(OC)cc3OC)C[C@@H]2c2cc(OC)cc(OC)c2)cc1. The lowest BCUT2D eigenvalue weighted by molar-refractivity contribution is 0.0967. The molecule has 4 aliphatic carbocycles. The number of fused-ring (bicyclic) bond motifs is 4. The van der Waals surface area contributed by atoms with Crippen LogP contribution < -0.4 is 104 Å². The molecule has 25 heteroatoms. The summed E-state index contributed by atoms with van der Waals surface area (Å²) in [6.07, 6.45) is 2.31. The van der Waals surface area contributed by atoms with E-state index < -0.39 is 12.0 Å². The lowest BCUT2D eigenvalue weighted by atomic mass is 9.79. The van der Waals surface area contributed by atoms with Gasteiger partial charge in [0.25, 0.3) is 0 Å². The molecule has 0 unspecified atom stereocenters. The number of carbonyl (C=O) groups excluding carboxylic acids is 1. The summed E-state index contributed by atoms with van der Waals surface area (Å²) in [5, 5.41) is 11.6. The van der Waals surface area contributed by atoms with Gasteiger partial charge in [0.05, 0.1) is 168 Å². The van der Waals surface area contributed by atoms with E-state index in [4.69, 9.17) is 104 Å².